The minimum atomic E-state index is 0.147. The Morgan fingerprint density at radius 2 is 2.18 bits per heavy atom. The predicted molar refractivity (Wildman–Crippen MR) is 50.0 cm³/mol. The minimum absolute atomic E-state index is 0.147. The summed E-state index contributed by atoms with van der Waals surface area (Å²) in [5.74, 6) is 0.753. The molecule has 0 unspecified atom stereocenters. The Kier molecular flexibility index (Phi) is 2.28. The van der Waals surface area contributed by atoms with Gasteiger partial charge in [-0.2, -0.15) is 17.7 Å². The number of nitrogens with zero attached hydrogens (tertiary/aromatic N) is 1. The molecule has 0 fully saturated rings. The van der Waals surface area contributed by atoms with Gasteiger partial charge < -0.3 is 0 Å². The predicted octanol–water partition coefficient (Wildman–Crippen LogP) is 2.14. The Balaban J connectivity index is 3.02. The SMILES string of the molecule is CC(C)(C)c1[nH]ncc1CS. The lowest BCUT2D eigenvalue weighted by Gasteiger charge is -2.17. The lowest BCUT2D eigenvalue weighted by molar-refractivity contribution is 0.563. The molecule has 1 aromatic heterocycles. The van der Waals surface area contributed by atoms with Crippen molar-refractivity contribution in [3.05, 3.63) is 17.5 Å². The molecular formula is C8H14N2S. The van der Waals surface area contributed by atoms with Crippen molar-refractivity contribution in [1.82, 2.24) is 10.2 Å². The Morgan fingerprint density at radius 3 is 2.55 bits per heavy atom. The summed E-state index contributed by atoms with van der Waals surface area (Å²) >= 11 is 4.22. The van der Waals surface area contributed by atoms with Gasteiger partial charge in [0.05, 0.1) is 6.20 Å². The highest BCUT2D eigenvalue weighted by Gasteiger charge is 2.18. The summed E-state index contributed by atoms with van der Waals surface area (Å²) in [6, 6.07) is 0. The molecule has 0 bridgehead atoms. The van der Waals surface area contributed by atoms with Crippen molar-refractivity contribution in [3.8, 4) is 0 Å². The quantitative estimate of drug-likeness (QED) is 0.621. The topological polar surface area (TPSA) is 28.7 Å². The van der Waals surface area contributed by atoms with Crippen LogP contribution in [0.4, 0.5) is 0 Å². The second-order valence-corrected chi connectivity index (χ2v) is 3.99. The van der Waals surface area contributed by atoms with Crippen LogP contribution in [0, 0.1) is 0 Å². The Morgan fingerprint density at radius 1 is 1.55 bits per heavy atom. The van der Waals surface area contributed by atoms with Crippen molar-refractivity contribution in [1.29, 1.82) is 0 Å². The summed E-state index contributed by atoms with van der Waals surface area (Å²) in [6.45, 7) is 6.48. The molecule has 1 aromatic rings. The molecule has 0 radical (unpaired) electrons. The molecule has 0 spiro atoms. The Bertz CT molecular complexity index is 234. The van der Waals surface area contributed by atoms with Crippen LogP contribution in [0.3, 0.4) is 0 Å². The van der Waals surface area contributed by atoms with Crippen LogP contribution < -0.4 is 0 Å². The van der Waals surface area contributed by atoms with Gasteiger partial charge in [-0.15, -0.1) is 0 Å². The number of rotatable bonds is 1. The number of H-pyrrole nitrogens is 1. The molecule has 0 aliphatic carbocycles. The van der Waals surface area contributed by atoms with Gasteiger partial charge >= 0.3 is 0 Å². The number of aromatic amines is 1. The van der Waals surface area contributed by atoms with Crippen LogP contribution in [0.5, 0.6) is 0 Å². The van der Waals surface area contributed by atoms with Crippen molar-refractivity contribution >= 4 is 12.6 Å². The van der Waals surface area contributed by atoms with Crippen LogP contribution >= 0.6 is 12.6 Å². The molecule has 11 heavy (non-hydrogen) atoms. The number of hydrogen-bond acceptors (Lipinski definition) is 2. The van der Waals surface area contributed by atoms with Crippen molar-refractivity contribution in [2.24, 2.45) is 0 Å². The molecule has 0 aliphatic heterocycles. The summed E-state index contributed by atoms with van der Waals surface area (Å²) in [5, 5.41) is 6.98. The van der Waals surface area contributed by atoms with Gasteiger partial charge in [0.2, 0.25) is 0 Å². The average Bonchev–Trinajstić information content (AvgIpc) is 2.31. The van der Waals surface area contributed by atoms with E-state index in [0.717, 1.165) is 5.75 Å². The molecule has 0 amide bonds. The first kappa shape index (κ1) is 8.65. The largest absolute Gasteiger partial charge is 0.282 e. The highest BCUT2D eigenvalue weighted by atomic mass is 32.1. The molecule has 1 rings (SSSR count). The number of hydrogen-bond donors (Lipinski definition) is 2. The maximum Gasteiger partial charge on any atom is 0.0530 e. The molecular weight excluding hydrogens is 156 g/mol. The molecule has 0 aromatic carbocycles. The fourth-order valence-corrected chi connectivity index (χ4v) is 1.32. The van der Waals surface area contributed by atoms with E-state index in [-0.39, 0.29) is 5.41 Å². The smallest absolute Gasteiger partial charge is 0.0530 e. The molecule has 0 aliphatic rings. The van der Waals surface area contributed by atoms with Crippen molar-refractivity contribution in [2.45, 2.75) is 31.9 Å². The standard InChI is InChI=1S/C8H14N2S/c1-8(2,3)7-6(5-11)4-9-10-7/h4,11H,5H2,1-3H3,(H,9,10). The summed E-state index contributed by atoms with van der Waals surface area (Å²) in [6.07, 6.45) is 1.84. The molecule has 3 heteroatoms. The summed E-state index contributed by atoms with van der Waals surface area (Å²) in [5.41, 5.74) is 2.53. The van der Waals surface area contributed by atoms with Crippen LogP contribution in [0.2, 0.25) is 0 Å². The van der Waals surface area contributed by atoms with E-state index >= 15 is 0 Å². The summed E-state index contributed by atoms with van der Waals surface area (Å²) in [7, 11) is 0. The number of thiol groups is 1. The van der Waals surface area contributed by atoms with Gasteiger partial charge in [0.25, 0.3) is 0 Å². The van der Waals surface area contributed by atoms with Gasteiger partial charge in [0, 0.05) is 22.4 Å². The first-order chi connectivity index (χ1) is 5.05. The van der Waals surface area contributed by atoms with E-state index in [1.165, 1.54) is 11.3 Å². The molecule has 1 heterocycles. The average molecular weight is 170 g/mol. The highest BCUT2D eigenvalue weighted by molar-refractivity contribution is 7.79. The Hall–Kier alpha value is -0.440. The lowest BCUT2D eigenvalue weighted by Crippen LogP contribution is -2.13. The van der Waals surface area contributed by atoms with E-state index in [4.69, 9.17) is 0 Å². The third-order valence-electron chi connectivity index (χ3n) is 1.64. The molecule has 0 saturated heterocycles. The van der Waals surface area contributed by atoms with Crippen LogP contribution in [0.15, 0.2) is 6.20 Å². The molecule has 62 valence electrons. The van der Waals surface area contributed by atoms with Gasteiger partial charge in [-0.1, -0.05) is 20.8 Å². The zero-order valence-corrected chi connectivity index (χ0v) is 8.07. The number of nitrogens with one attached hydrogen (secondary N) is 1. The van der Waals surface area contributed by atoms with E-state index in [9.17, 15) is 0 Å². The minimum Gasteiger partial charge on any atom is -0.282 e. The summed E-state index contributed by atoms with van der Waals surface area (Å²) < 4.78 is 0. The van der Waals surface area contributed by atoms with Gasteiger partial charge in [-0.05, 0) is 0 Å². The Labute approximate surface area is 72.8 Å². The van der Waals surface area contributed by atoms with E-state index < -0.39 is 0 Å². The van der Waals surface area contributed by atoms with E-state index in [2.05, 4.69) is 43.6 Å². The van der Waals surface area contributed by atoms with Crippen LogP contribution in [-0.2, 0) is 11.2 Å². The third-order valence-corrected chi connectivity index (χ3v) is 1.98. The second kappa shape index (κ2) is 2.89. The van der Waals surface area contributed by atoms with Crippen LogP contribution in [0.25, 0.3) is 0 Å². The van der Waals surface area contributed by atoms with E-state index in [0.29, 0.717) is 0 Å². The van der Waals surface area contributed by atoms with Crippen LogP contribution in [-0.4, -0.2) is 10.2 Å². The maximum absolute atomic E-state index is 4.22. The van der Waals surface area contributed by atoms with E-state index in [1.807, 2.05) is 6.20 Å². The van der Waals surface area contributed by atoms with E-state index in [1.54, 1.807) is 0 Å². The van der Waals surface area contributed by atoms with Crippen molar-refractivity contribution < 1.29 is 0 Å². The normalized spacial score (nSPS) is 12.0. The fourth-order valence-electron chi connectivity index (χ4n) is 1.08. The molecule has 0 atom stereocenters. The molecule has 1 N–H and O–H groups in total. The first-order valence-electron chi connectivity index (χ1n) is 3.69. The van der Waals surface area contributed by atoms with Gasteiger partial charge in [0.15, 0.2) is 0 Å². The van der Waals surface area contributed by atoms with Gasteiger partial charge in [-0.3, -0.25) is 5.10 Å². The lowest BCUT2D eigenvalue weighted by atomic mass is 9.90. The van der Waals surface area contributed by atoms with Crippen LogP contribution in [0.1, 0.15) is 32.0 Å². The number of aromatic nitrogens is 2. The van der Waals surface area contributed by atoms with Crippen molar-refractivity contribution in [3.63, 3.8) is 0 Å². The highest BCUT2D eigenvalue weighted by Crippen LogP contribution is 2.23. The maximum atomic E-state index is 4.22. The first-order valence-corrected chi connectivity index (χ1v) is 4.32. The monoisotopic (exact) mass is 170 g/mol. The zero-order chi connectivity index (χ0) is 8.48. The van der Waals surface area contributed by atoms with Crippen molar-refractivity contribution in [2.75, 3.05) is 0 Å². The second-order valence-electron chi connectivity index (χ2n) is 3.68. The zero-order valence-electron chi connectivity index (χ0n) is 7.18. The third kappa shape index (κ3) is 1.77. The van der Waals surface area contributed by atoms with Gasteiger partial charge in [-0.25, -0.2) is 0 Å². The fraction of sp³-hybridized carbons (Fsp3) is 0.625. The summed E-state index contributed by atoms with van der Waals surface area (Å²) in [4.78, 5) is 0. The molecule has 0 saturated carbocycles. The molecule has 2 nitrogen and oxygen atoms in total. The van der Waals surface area contributed by atoms with Gasteiger partial charge in [0.1, 0.15) is 0 Å².